The van der Waals surface area contributed by atoms with Crippen LogP contribution in [-0.4, -0.2) is 16.8 Å². The molecular formula is C26H18Cl2N2O3S2. The Kier molecular flexibility index (Phi) is 7.99. The molecule has 0 aromatic heterocycles. The second-order valence-corrected chi connectivity index (χ2v) is 9.80. The minimum absolute atomic E-state index is 0.228. The fourth-order valence-electron chi connectivity index (χ4n) is 3.38. The highest BCUT2D eigenvalue weighted by molar-refractivity contribution is 8.27. The van der Waals surface area contributed by atoms with E-state index in [0.717, 1.165) is 11.1 Å². The summed E-state index contributed by atoms with van der Waals surface area (Å²) in [5.74, 6) is 0.834. The molecule has 3 aromatic rings. The number of nitriles is 1. The average molecular weight is 541 g/mol. The zero-order chi connectivity index (χ0) is 24.9. The van der Waals surface area contributed by atoms with Gasteiger partial charge in [-0.25, -0.2) is 0 Å². The van der Waals surface area contributed by atoms with E-state index in [1.54, 1.807) is 42.5 Å². The van der Waals surface area contributed by atoms with Crippen LogP contribution >= 0.6 is 47.2 Å². The zero-order valence-electron chi connectivity index (χ0n) is 18.5. The number of halogens is 2. The molecule has 1 saturated heterocycles. The van der Waals surface area contributed by atoms with E-state index in [2.05, 4.69) is 6.07 Å². The van der Waals surface area contributed by atoms with E-state index in [0.29, 0.717) is 48.6 Å². The van der Waals surface area contributed by atoms with Crippen LogP contribution in [0.4, 0.5) is 5.69 Å². The summed E-state index contributed by atoms with van der Waals surface area (Å²) in [7, 11) is 0. The number of benzene rings is 3. The molecule has 4 rings (SSSR count). The van der Waals surface area contributed by atoms with Crippen molar-refractivity contribution in [1.29, 1.82) is 5.26 Å². The first-order valence-electron chi connectivity index (χ1n) is 10.5. The molecule has 9 heteroatoms. The molecule has 0 bridgehead atoms. The van der Waals surface area contributed by atoms with Gasteiger partial charge in [-0.15, -0.1) is 0 Å². The SMILES string of the molecule is CCOc1cc(/C=C2\SC(=S)N(c3ccc(Cl)c(Cl)c3)C2=O)ccc1OCc1ccccc1C#N. The number of rotatable bonds is 7. The Hall–Kier alpha value is -3.02. The molecule has 0 radical (unpaired) electrons. The first kappa shape index (κ1) is 25.1. The van der Waals surface area contributed by atoms with Crippen molar-refractivity contribution in [3.8, 4) is 17.6 Å². The van der Waals surface area contributed by atoms with Crippen LogP contribution in [0, 0.1) is 11.3 Å². The number of nitrogens with zero attached hydrogens (tertiary/aromatic N) is 2. The number of carbonyl (C=O) groups excluding carboxylic acids is 1. The summed E-state index contributed by atoms with van der Waals surface area (Å²) < 4.78 is 12.1. The summed E-state index contributed by atoms with van der Waals surface area (Å²) in [5, 5.41) is 10.0. The number of amides is 1. The Morgan fingerprint density at radius 1 is 1.06 bits per heavy atom. The van der Waals surface area contributed by atoms with Crippen molar-refractivity contribution in [3.63, 3.8) is 0 Å². The number of ether oxygens (including phenoxy) is 2. The summed E-state index contributed by atoms with van der Waals surface area (Å²) >= 11 is 18.8. The van der Waals surface area contributed by atoms with Gasteiger partial charge in [-0.3, -0.25) is 9.69 Å². The molecule has 1 fully saturated rings. The van der Waals surface area contributed by atoms with Crippen molar-refractivity contribution < 1.29 is 14.3 Å². The van der Waals surface area contributed by atoms with Gasteiger partial charge in [0.25, 0.3) is 5.91 Å². The van der Waals surface area contributed by atoms with Gasteiger partial charge >= 0.3 is 0 Å². The number of hydrogen-bond acceptors (Lipinski definition) is 6. The van der Waals surface area contributed by atoms with Gasteiger partial charge < -0.3 is 9.47 Å². The second-order valence-electron chi connectivity index (χ2n) is 7.31. The average Bonchev–Trinajstić information content (AvgIpc) is 3.13. The van der Waals surface area contributed by atoms with E-state index < -0.39 is 0 Å². The van der Waals surface area contributed by atoms with Crippen LogP contribution in [0.1, 0.15) is 23.6 Å². The molecule has 5 nitrogen and oxygen atoms in total. The molecule has 176 valence electrons. The normalized spacial score (nSPS) is 14.3. The fourth-order valence-corrected chi connectivity index (χ4v) is 4.97. The van der Waals surface area contributed by atoms with Gasteiger partial charge in [0.05, 0.1) is 38.9 Å². The lowest BCUT2D eigenvalue weighted by molar-refractivity contribution is -0.113. The van der Waals surface area contributed by atoms with Crippen molar-refractivity contribution in [2.75, 3.05) is 11.5 Å². The molecule has 0 aliphatic carbocycles. The van der Waals surface area contributed by atoms with Crippen molar-refractivity contribution in [3.05, 3.63) is 92.3 Å². The van der Waals surface area contributed by atoms with Crippen LogP contribution in [0.3, 0.4) is 0 Å². The highest BCUT2D eigenvalue weighted by atomic mass is 35.5. The summed E-state index contributed by atoms with van der Waals surface area (Å²) in [6.07, 6.45) is 1.76. The van der Waals surface area contributed by atoms with E-state index in [1.807, 2.05) is 31.2 Å². The fraction of sp³-hybridized carbons (Fsp3) is 0.115. The van der Waals surface area contributed by atoms with Crippen LogP contribution in [0.5, 0.6) is 11.5 Å². The standard InChI is InChI=1S/C26H18Cl2N2O3S2/c1-2-32-23-11-16(7-10-22(23)33-15-18-6-4-3-5-17(18)14-29)12-24-25(31)30(26(34)35-24)19-8-9-20(27)21(28)13-19/h3-13H,2,15H2,1H3/b24-12-. The molecule has 0 atom stereocenters. The monoisotopic (exact) mass is 540 g/mol. The molecule has 1 aliphatic rings. The van der Waals surface area contributed by atoms with Crippen LogP contribution in [0.15, 0.2) is 65.6 Å². The third kappa shape index (κ3) is 5.63. The molecule has 1 heterocycles. The maximum Gasteiger partial charge on any atom is 0.270 e. The van der Waals surface area contributed by atoms with Gasteiger partial charge in [0.1, 0.15) is 6.61 Å². The predicted molar refractivity (Wildman–Crippen MR) is 145 cm³/mol. The van der Waals surface area contributed by atoms with Crippen LogP contribution in [-0.2, 0) is 11.4 Å². The van der Waals surface area contributed by atoms with E-state index in [9.17, 15) is 10.1 Å². The molecule has 0 saturated carbocycles. The lowest BCUT2D eigenvalue weighted by Crippen LogP contribution is -2.27. The van der Waals surface area contributed by atoms with Crippen LogP contribution in [0.2, 0.25) is 10.0 Å². The largest absolute Gasteiger partial charge is 0.490 e. The molecule has 3 aromatic carbocycles. The molecule has 0 unspecified atom stereocenters. The Bertz CT molecular complexity index is 1390. The maximum atomic E-state index is 13.1. The number of thioether (sulfide) groups is 1. The quantitative estimate of drug-likeness (QED) is 0.232. The van der Waals surface area contributed by atoms with E-state index in [4.69, 9.17) is 44.9 Å². The lowest BCUT2D eigenvalue weighted by Gasteiger charge is -2.15. The smallest absolute Gasteiger partial charge is 0.270 e. The molecule has 0 spiro atoms. The van der Waals surface area contributed by atoms with Crippen molar-refractivity contribution >= 4 is 69.2 Å². The summed E-state index contributed by atoms with van der Waals surface area (Å²) in [5.41, 5.74) is 2.66. The molecule has 1 amide bonds. The number of carbonyl (C=O) groups is 1. The van der Waals surface area contributed by atoms with Gasteiger partial charge in [-0.05, 0) is 55.0 Å². The predicted octanol–water partition coefficient (Wildman–Crippen LogP) is 7.25. The first-order chi connectivity index (χ1) is 16.9. The Morgan fingerprint density at radius 3 is 2.60 bits per heavy atom. The number of thiocarbonyl (C=S) groups is 1. The van der Waals surface area contributed by atoms with E-state index in [1.165, 1.54) is 16.7 Å². The van der Waals surface area contributed by atoms with Crippen molar-refractivity contribution in [2.24, 2.45) is 0 Å². The molecular weight excluding hydrogens is 523 g/mol. The minimum Gasteiger partial charge on any atom is -0.490 e. The Balaban J connectivity index is 1.57. The van der Waals surface area contributed by atoms with Crippen molar-refractivity contribution in [1.82, 2.24) is 0 Å². The topological polar surface area (TPSA) is 62.6 Å². The second kappa shape index (κ2) is 11.1. The molecule has 35 heavy (non-hydrogen) atoms. The van der Waals surface area contributed by atoms with Crippen molar-refractivity contribution in [2.45, 2.75) is 13.5 Å². The highest BCUT2D eigenvalue weighted by Gasteiger charge is 2.33. The minimum atomic E-state index is -0.246. The maximum absolute atomic E-state index is 13.1. The molecule has 1 aliphatic heterocycles. The zero-order valence-corrected chi connectivity index (χ0v) is 21.6. The van der Waals surface area contributed by atoms with Gasteiger partial charge in [0, 0.05) is 5.56 Å². The van der Waals surface area contributed by atoms with Gasteiger partial charge in [0.15, 0.2) is 15.8 Å². The number of anilines is 1. The van der Waals surface area contributed by atoms with Gasteiger partial charge in [0.2, 0.25) is 0 Å². The van der Waals surface area contributed by atoms with Gasteiger partial charge in [-0.2, -0.15) is 5.26 Å². The Morgan fingerprint density at radius 2 is 1.86 bits per heavy atom. The van der Waals surface area contributed by atoms with E-state index in [-0.39, 0.29) is 12.5 Å². The summed E-state index contributed by atoms with van der Waals surface area (Å²) in [4.78, 5) is 15.0. The highest BCUT2D eigenvalue weighted by Crippen LogP contribution is 2.39. The van der Waals surface area contributed by atoms with Gasteiger partial charge in [-0.1, -0.05) is 71.4 Å². The third-order valence-corrected chi connectivity index (χ3v) is 7.08. The number of hydrogen-bond donors (Lipinski definition) is 0. The van der Waals surface area contributed by atoms with Crippen LogP contribution < -0.4 is 14.4 Å². The van der Waals surface area contributed by atoms with Crippen LogP contribution in [0.25, 0.3) is 6.08 Å². The van der Waals surface area contributed by atoms with E-state index >= 15 is 0 Å². The summed E-state index contributed by atoms with van der Waals surface area (Å²) in [6.45, 7) is 2.54. The Labute approximate surface area is 222 Å². The summed E-state index contributed by atoms with van der Waals surface area (Å²) in [6, 6.07) is 19.8. The lowest BCUT2D eigenvalue weighted by atomic mass is 10.1. The third-order valence-electron chi connectivity index (χ3n) is 5.04. The molecule has 0 N–H and O–H groups in total. The first-order valence-corrected chi connectivity index (χ1v) is 12.5.